The number of hydrogen-bond donors (Lipinski definition) is 1. The molecule has 4 rings (SSSR count). The zero-order valence-corrected chi connectivity index (χ0v) is 20.0. The Morgan fingerprint density at radius 1 is 1.03 bits per heavy atom. The van der Waals surface area contributed by atoms with Crippen molar-refractivity contribution in [3.8, 4) is 6.07 Å². The fourth-order valence-corrected chi connectivity index (χ4v) is 4.59. The largest absolute Gasteiger partial charge is 0.449 e. The molecule has 1 N–H and O–H groups in total. The van der Waals surface area contributed by atoms with E-state index in [9.17, 15) is 24.4 Å². The van der Waals surface area contributed by atoms with Crippen molar-refractivity contribution in [3.05, 3.63) is 64.2 Å². The fourth-order valence-electron chi connectivity index (χ4n) is 4.59. The summed E-state index contributed by atoms with van der Waals surface area (Å²) in [6.45, 7) is 5.13. The van der Waals surface area contributed by atoms with Crippen LogP contribution in [-0.2, 0) is 9.53 Å². The van der Waals surface area contributed by atoms with Crippen molar-refractivity contribution >= 4 is 29.4 Å². The Kier molecular flexibility index (Phi) is 6.44. The summed E-state index contributed by atoms with van der Waals surface area (Å²) in [4.78, 5) is 52.6. The number of nitrogens with one attached hydrogen (secondary N) is 1. The molecule has 180 valence electrons. The highest BCUT2D eigenvalue weighted by Crippen LogP contribution is 2.32. The van der Waals surface area contributed by atoms with Crippen LogP contribution in [0.3, 0.4) is 0 Å². The van der Waals surface area contributed by atoms with Crippen LogP contribution in [0.5, 0.6) is 0 Å². The van der Waals surface area contributed by atoms with E-state index in [-0.39, 0.29) is 16.7 Å². The molecule has 1 aliphatic heterocycles. The van der Waals surface area contributed by atoms with Gasteiger partial charge in [-0.3, -0.25) is 14.4 Å². The van der Waals surface area contributed by atoms with Crippen LogP contribution in [0.15, 0.2) is 36.4 Å². The number of ether oxygens (including phenoxy) is 1. The average Bonchev–Trinajstić information content (AvgIpc) is 3.10. The Hall–Kier alpha value is -3.99. The second-order valence-corrected chi connectivity index (χ2v) is 9.29. The Balaban J connectivity index is 1.50. The summed E-state index contributed by atoms with van der Waals surface area (Å²) in [6.07, 6.45) is 2.71. The van der Waals surface area contributed by atoms with E-state index in [1.165, 1.54) is 25.1 Å². The molecule has 0 bridgehead atoms. The minimum Gasteiger partial charge on any atom is -0.449 e. The van der Waals surface area contributed by atoms with E-state index in [1.807, 2.05) is 26.0 Å². The van der Waals surface area contributed by atoms with Gasteiger partial charge in [-0.1, -0.05) is 31.4 Å². The van der Waals surface area contributed by atoms with E-state index in [2.05, 4.69) is 11.4 Å². The van der Waals surface area contributed by atoms with Crippen LogP contribution in [0.25, 0.3) is 0 Å². The van der Waals surface area contributed by atoms with E-state index in [0.717, 1.165) is 35.3 Å². The van der Waals surface area contributed by atoms with Gasteiger partial charge in [0, 0.05) is 0 Å². The lowest BCUT2D eigenvalue weighted by Crippen LogP contribution is -2.52. The standard InChI is InChI=1S/C27H27N3O5/c1-16-7-8-17(2)22(13-16)30-24(32)20-10-9-19(14-21(20)25(30)33)26(34)35-18(3)23(31)29-27(15-28)11-5-4-6-12-27/h7-10,13-14,18H,4-6,11-12H2,1-3H3,(H,29,31). The first-order valence-electron chi connectivity index (χ1n) is 11.7. The lowest BCUT2D eigenvalue weighted by molar-refractivity contribution is -0.130. The first-order valence-corrected chi connectivity index (χ1v) is 11.7. The zero-order chi connectivity index (χ0) is 25.3. The van der Waals surface area contributed by atoms with E-state index in [1.54, 1.807) is 6.07 Å². The highest BCUT2D eigenvalue weighted by atomic mass is 16.5. The number of rotatable bonds is 5. The molecular formula is C27H27N3O5. The quantitative estimate of drug-likeness (QED) is 0.518. The second-order valence-electron chi connectivity index (χ2n) is 9.29. The normalized spacial score (nSPS) is 17.4. The van der Waals surface area contributed by atoms with Gasteiger partial charge < -0.3 is 10.1 Å². The molecule has 2 aromatic rings. The van der Waals surface area contributed by atoms with Crippen LogP contribution in [0.2, 0.25) is 0 Å². The van der Waals surface area contributed by atoms with Gasteiger partial charge in [-0.15, -0.1) is 0 Å². The van der Waals surface area contributed by atoms with Gasteiger partial charge in [0.05, 0.1) is 28.4 Å². The molecule has 0 aromatic heterocycles. The minimum atomic E-state index is -1.13. The predicted octanol–water partition coefficient (Wildman–Crippen LogP) is 3.99. The molecule has 1 aliphatic carbocycles. The van der Waals surface area contributed by atoms with Crippen LogP contribution in [0, 0.1) is 25.2 Å². The first kappa shape index (κ1) is 24.1. The third kappa shape index (κ3) is 4.54. The van der Waals surface area contributed by atoms with Crippen molar-refractivity contribution in [2.75, 3.05) is 4.90 Å². The fraction of sp³-hybridized carbons (Fsp3) is 0.370. The number of carbonyl (C=O) groups is 4. The number of hydrogen-bond acceptors (Lipinski definition) is 6. The number of fused-ring (bicyclic) bond motifs is 1. The number of imide groups is 1. The highest BCUT2D eigenvalue weighted by molar-refractivity contribution is 6.35. The molecule has 0 radical (unpaired) electrons. The monoisotopic (exact) mass is 473 g/mol. The molecule has 1 atom stereocenters. The molecule has 0 spiro atoms. The SMILES string of the molecule is Cc1ccc(C)c(N2C(=O)c3ccc(C(=O)OC(C)C(=O)NC4(C#N)CCCCC4)cc3C2=O)c1. The third-order valence-electron chi connectivity index (χ3n) is 6.66. The van der Waals surface area contributed by atoms with Gasteiger partial charge in [-0.05, 0) is 69.0 Å². The molecule has 35 heavy (non-hydrogen) atoms. The molecule has 3 amide bonds. The van der Waals surface area contributed by atoms with Gasteiger partial charge >= 0.3 is 5.97 Å². The van der Waals surface area contributed by atoms with E-state index in [4.69, 9.17) is 4.74 Å². The molecule has 8 nitrogen and oxygen atoms in total. The molecule has 2 aliphatic rings. The molecule has 1 unspecified atom stereocenters. The molecule has 1 heterocycles. The smallest absolute Gasteiger partial charge is 0.338 e. The van der Waals surface area contributed by atoms with Gasteiger partial charge in [0.25, 0.3) is 17.7 Å². The number of anilines is 1. The number of amides is 3. The predicted molar refractivity (Wildman–Crippen MR) is 128 cm³/mol. The zero-order valence-electron chi connectivity index (χ0n) is 20.0. The van der Waals surface area contributed by atoms with Crippen molar-refractivity contribution in [3.63, 3.8) is 0 Å². The Morgan fingerprint density at radius 2 is 1.71 bits per heavy atom. The summed E-state index contributed by atoms with van der Waals surface area (Å²) < 4.78 is 5.33. The van der Waals surface area contributed by atoms with E-state index in [0.29, 0.717) is 18.5 Å². The third-order valence-corrected chi connectivity index (χ3v) is 6.66. The summed E-state index contributed by atoms with van der Waals surface area (Å²) >= 11 is 0. The minimum absolute atomic E-state index is 0.0556. The molecule has 8 heteroatoms. The number of esters is 1. The number of nitrogens with zero attached hydrogens (tertiary/aromatic N) is 2. The Bertz CT molecular complexity index is 1270. The maximum atomic E-state index is 13.1. The van der Waals surface area contributed by atoms with Gasteiger partial charge in [0.2, 0.25) is 0 Å². The molecule has 1 saturated carbocycles. The van der Waals surface area contributed by atoms with Crippen LogP contribution in [0.4, 0.5) is 5.69 Å². The number of nitriles is 1. The first-order chi connectivity index (χ1) is 16.7. The maximum Gasteiger partial charge on any atom is 0.338 e. The number of aryl methyl sites for hydroxylation is 2. The van der Waals surface area contributed by atoms with Gasteiger partial charge in [-0.2, -0.15) is 5.26 Å². The lowest BCUT2D eigenvalue weighted by atomic mass is 9.83. The highest BCUT2D eigenvalue weighted by Gasteiger charge is 2.39. The molecule has 0 saturated heterocycles. The van der Waals surface area contributed by atoms with E-state index < -0.39 is 35.3 Å². The molecular weight excluding hydrogens is 446 g/mol. The van der Waals surface area contributed by atoms with E-state index >= 15 is 0 Å². The summed E-state index contributed by atoms with van der Waals surface area (Å²) in [5, 5.41) is 12.3. The second kappa shape index (κ2) is 9.34. The van der Waals surface area contributed by atoms with Crippen LogP contribution >= 0.6 is 0 Å². The van der Waals surface area contributed by atoms with Gasteiger partial charge in [0.1, 0.15) is 5.54 Å². The van der Waals surface area contributed by atoms with Crippen molar-refractivity contribution in [1.29, 1.82) is 5.26 Å². The summed E-state index contributed by atoms with van der Waals surface area (Å²) in [6, 6.07) is 11.9. The van der Waals surface area contributed by atoms with Crippen molar-refractivity contribution in [2.45, 2.75) is 64.5 Å². The van der Waals surface area contributed by atoms with Crippen LogP contribution < -0.4 is 10.2 Å². The van der Waals surface area contributed by atoms with Crippen molar-refractivity contribution in [2.24, 2.45) is 0 Å². The Labute approximate surface area is 203 Å². The molecule has 2 aromatic carbocycles. The van der Waals surface area contributed by atoms with Crippen molar-refractivity contribution in [1.82, 2.24) is 5.32 Å². The van der Waals surface area contributed by atoms with Crippen LogP contribution in [-0.4, -0.2) is 35.3 Å². The van der Waals surface area contributed by atoms with Crippen molar-refractivity contribution < 1.29 is 23.9 Å². The number of benzene rings is 2. The van der Waals surface area contributed by atoms with Gasteiger partial charge in [0.15, 0.2) is 6.10 Å². The number of carbonyl (C=O) groups excluding carboxylic acids is 4. The molecule has 1 fully saturated rings. The Morgan fingerprint density at radius 3 is 2.40 bits per heavy atom. The summed E-state index contributed by atoms with van der Waals surface area (Å²) in [5.41, 5.74) is 1.61. The van der Waals surface area contributed by atoms with Crippen LogP contribution in [0.1, 0.15) is 81.2 Å². The average molecular weight is 474 g/mol. The summed E-state index contributed by atoms with van der Waals surface area (Å²) in [7, 11) is 0. The maximum absolute atomic E-state index is 13.1. The van der Waals surface area contributed by atoms with Gasteiger partial charge in [-0.25, -0.2) is 9.69 Å². The topological polar surface area (TPSA) is 117 Å². The lowest BCUT2D eigenvalue weighted by Gasteiger charge is -2.32. The summed E-state index contributed by atoms with van der Waals surface area (Å²) in [5.74, 6) is -2.32.